The maximum Gasteiger partial charge on any atom is 0.304 e. The molecule has 1 aromatic carbocycles. The number of carbonyl (C=O) groups is 1. The summed E-state index contributed by atoms with van der Waals surface area (Å²) in [6.07, 6.45) is 0. The van der Waals surface area contributed by atoms with Crippen LogP contribution in [0.3, 0.4) is 0 Å². The normalized spacial score (nSPS) is 10.4. The number of hydrogen-bond donors (Lipinski definition) is 0. The Morgan fingerprint density at radius 1 is 1.38 bits per heavy atom. The summed E-state index contributed by atoms with van der Waals surface area (Å²) in [5, 5.41) is 11.6. The molecule has 0 aliphatic rings. The van der Waals surface area contributed by atoms with Crippen LogP contribution in [-0.2, 0) is 0 Å². The summed E-state index contributed by atoms with van der Waals surface area (Å²) >= 11 is 1.07. The number of ketones is 1. The van der Waals surface area contributed by atoms with E-state index in [9.17, 15) is 19.3 Å². The molecule has 0 fully saturated rings. The number of Topliss-reactive ketones (excluding diaryl/α,β-unsaturated/α-hetero) is 1. The van der Waals surface area contributed by atoms with Gasteiger partial charge in [-0.05, 0) is 38.1 Å². The molecule has 0 atom stereocenters. The van der Waals surface area contributed by atoms with Gasteiger partial charge >= 0.3 is 5.69 Å². The SMILES string of the molecule is CCN(c1ccc(F)cc1)c1sc(C(C)=O)cc1[N+](=O)[O-]. The molecule has 2 rings (SSSR count). The molecular formula is C14H13FN2O3S. The fourth-order valence-electron chi connectivity index (χ4n) is 1.93. The number of anilines is 2. The Morgan fingerprint density at radius 3 is 2.48 bits per heavy atom. The third-order valence-electron chi connectivity index (χ3n) is 2.94. The van der Waals surface area contributed by atoms with E-state index in [2.05, 4.69) is 0 Å². The lowest BCUT2D eigenvalue weighted by Crippen LogP contribution is -2.15. The van der Waals surface area contributed by atoms with E-state index < -0.39 is 4.92 Å². The standard InChI is InChI=1S/C14H13FN2O3S/c1-3-16(11-6-4-10(15)5-7-11)14-12(17(19)20)8-13(21-14)9(2)18/h4-8H,3H2,1-2H3. The van der Waals surface area contributed by atoms with Crippen LogP contribution in [-0.4, -0.2) is 17.3 Å². The van der Waals surface area contributed by atoms with Crippen molar-refractivity contribution in [1.29, 1.82) is 0 Å². The van der Waals surface area contributed by atoms with Gasteiger partial charge in [-0.25, -0.2) is 4.39 Å². The molecule has 0 radical (unpaired) electrons. The van der Waals surface area contributed by atoms with Crippen molar-refractivity contribution in [3.05, 3.63) is 51.1 Å². The van der Waals surface area contributed by atoms with Crippen molar-refractivity contribution in [3.8, 4) is 0 Å². The van der Waals surface area contributed by atoms with Crippen molar-refractivity contribution in [1.82, 2.24) is 0 Å². The van der Waals surface area contributed by atoms with Crippen LogP contribution >= 0.6 is 11.3 Å². The summed E-state index contributed by atoms with van der Waals surface area (Å²) in [4.78, 5) is 24.1. The van der Waals surface area contributed by atoms with Crippen LogP contribution in [0.2, 0.25) is 0 Å². The summed E-state index contributed by atoms with van der Waals surface area (Å²) in [5.41, 5.74) is 0.523. The van der Waals surface area contributed by atoms with Gasteiger partial charge in [0.15, 0.2) is 10.8 Å². The van der Waals surface area contributed by atoms with Gasteiger partial charge in [-0.15, -0.1) is 11.3 Å². The monoisotopic (exact) mass is 308 g/mol. The van der Waals surface area contributed by atoms with Crippen molar-refractivity contribution < 1.29 is 14.1 Å². The Hall–Kier alpha value is -2.28. The second kappa shape index (κ2) is 6.01. The van der Waals surface area contributed by atoms with Gasteiger partial charge in [-0.1, -0.05) is 0 Å². The molecular weight excluding hydrogens is 295 g/mol. The molecule has 110 valence electrons. The van der Waals surface area contributed by atoms with E-state index >= 15 is 0 Å². The predicted molar refractivity (Wildman–Crippen MR) is 80.1 cm³/mol. The van der Waals surface area contributed by atoms with Crippen molar-refractivity contribution >= 4 is 33.5 Å². The minimum atomic E-state index is -0.509. The molecule has 0 amide bonds. The number of thiophene rings is 1. The maximum atomic E-state index is 13.0. The Labute approximate surface area is 124 Å². The molecule has 2 aromatic rings. The molecule has 0 bridgehead atoms. The van der Waals surface area contributed by atoms with E-state index in [4.69, 9.17) is 0 Å². The molecule has 0 saturated carbocycles. The van der Waals surface area contributed by atoms with Gasteiger partial charge in [0.25, 0.3) is 0 Å². The van der Waals surface area contributed by atoms with Gasteiger partial charge < -0.3 is 4.90 Å². The number of nitrogens with zero attached hydrogens (tertiary/aromatic N) is 2. The number of benzene rings is 1. The largest absolute Gasteiger partial charge is 0.328 e. The zero-order chi connectivity index (χ0) is 15.6. The van der Waals surface area contributed by atoms with E-state index in [0.717, 1.165) is 11.3 Å². The summed E-state index contributed by atoms with van der Waals surface area (Å²) in [7, 11) is 0. The Balaban J connectivity index is 2.53. The van der Waals surface area contributed by atoms with E-state index in [1.165, 1.54) is 25.1 Å². The first-order valence-electron chi connectivity index (χ1n) is 6.26. The number of rotatable bonds is 5. The molecule has 7 heteroatoms. The Kier molecular flexibility index (Phi) is 4.32. The Morgan fingerprint density at radius 2 is 2.00 bits per heavy atom. The minimum absolute atomic E-state index is 0.114. The molecule has 1 heterocycles. The maximum absolute atomic E-state index is 13.0. The summed E-state index contributed by atoms with van der Waals surface area (Å²) in [5.74, 6) is -0.593. The fraction of sp³-hybridized carbons (Fsp3) is 0.214. The number of carbonyl (C=O) groups excluding carboxylic acids is 1. The van der Waals surface area contributed by atoms with Gasteiger partial charge in [0.2, 0.25) is 0 Å². The molecule has 0 N–H and O–H groups in total. The third kappa shape index (κ3) is 3.08. The first kappa shape index (κ1) is 15.1. The molecule has 0 saturated heterocycles. The molecule has 0 unspecified atom stereocenters. The van der Waals surface area contributed by atoms with Crippen LogP contribution in [0.1, 0.15) is 23.5 Å². The van der Waals surface area contributed by atoms with Crippen molar-refractivity contribution in [3.63, 3.8) is 0 Å². The molecule has 0 spiro atoms. The zero-order valence-electron chi connectivity index (χ0n) is 11.5. The molecule has 0 aliphatic heterocycles. The van der Waals surface area contributed by atoms with E-state index in [1.54, 1.807) is 17.0 Å². The van der Waals surface area contributed by atoms with Gasteiger partial charge in [0, 0.05) is 18.3 Å². The van der Waals surface area contributed by atoms with Gasteiger partial charge in [-0.3, -0.25) is 14.9 Å². The first-order valence-corrected chi connectivity index (χ1v) is 7.08. The molecule has 1 aromatic heterocycles. The lowest BCUT2D eigenvalue weighted by Gasteiger charge is -2.20. The summed E-state index contributed by atoms with van der Waals surface area (Å²) in [6, 6.07) is 6.98. The highest BCUT2D eigenvalue weighted by atomic mass is 32.1. The van der Waals surface area contributed by atoms with E-state index in [-0.39, 0.29) is 17.3 Å². The Bertz CT molecular complexity index is 682. The van der Waals surface area contributed by atoms with E-state index in [0.29, 0.717) is 22.1 Å². The minimum Gasteiger partial charge on any atom is -0.328 e. The van der Waals surface area contributed by atoms with Gasteiger partial charge in [0.05, 0.1) is 9.80 Å². The van der Waals surface area contributed by atoms with Crippen molar-refractivity contribution in [2.45, 2.75) is 13.8 Å². The molecule has 21 heavy (non-hydrogen) atoms. The quantitative estimate of drug-likeness (QED) is 0.473. The summed E-state index contributed by atoms with van der Waals surface area (Å²) in [6.45, 7) is 3.66. The lowest BCUT2D eigenvalue weighted by molar-refractivity contribution is -0.383. The fourth-order valence-corrected chi connectivity index (χ4v) is 3.04. The van der Waals surface area contributed by atoms with Crippen LogP contribution in [0.4, 0.5) is 20.8 Å². The number of hydrogen-bond acceptors (Lipinski definition) is 5. The lowest BCUT2D eigenvalue weighted by atomic mass is 10.2. The first-order chi connectivity index (χ1) is 9.93. The van der Waals surface area contributed by atoms with Crippen LogP contribution < -0.4 is 4.90 Å². The molecule has 5 nitrogen and oxygen atoms in total. The van der Waals surface area contributed by atoms with E-state index in [1.807, 2.05) is 6.92 Å². The third-order valence-corrected chi connectivity index (χ3v) is 4.19. The van der Waals surface area contributed by atoms with Crippen molar-refractivity contribution in [2.24, 2.45) is 0 Å². The predicted octanol–water partition coefficient (Wildman–Crippen LogP) is 4.16. The smallest absolute Gasteiger partial charge is 0.304 e. The molecule has 0 aliphatic carbocycles. The number of halogens is 1. The highest BCUT2D eigenvalue weighted by molar-refractivity contribution is 7.18. The van der Waals surface area contributed by atoms with Crippen LogP contribution in [0.15, 0.2) is 30.3 Å². The average molecular weight is 308 g/mol. The van der Waals surface area contributed by atoms with Gasteiger partial charge in [0.1, 0.15) is 5.82 Å². The second-order valence-corrected chi connectivity index (χ2v) is 5.37. The van der Waals surface area contributed by atoms with Crippen LogP contribution in [0.25, 0.3) is 0 Å². The van der Waals surface area contributed by atoms with Crippen LogP contribution in [0, 0.1) is 15.9 Å². The average Bonchev–Trinajstić information content (AvgIpc) is 2.87. The van der Waals surface area contributed by atoms with Crippen molar-refractivity contribution in [2.75, 3.05) is 11.4 Å². The van der Waals surface area contributed by atoms with Crippen LogP contribution in [0.5, 0.6) is 0 Å². The summed E-state index contributed by atoms with van der Waals surface area (Å²) < 4.78 is 13.0. The topological polar surface area (TPSA) is 63.5 Å². The van der Waals surface area contributed by atoms with Gasteiger partial charge in [-0.2, -0.15) is 0 Å². The highest BCUT2D eigenvalue weighted by Gasteiger charge is 2.25. The zero-order valence-corrected chi connectivity index (χ0v) is 12.3. The number of nitro groups is 1. The second-order valence-electron chi connectivity index (χ2n) is 4.34. The highest BCUT2D eigenvalue weighted by Crippen LogP contribution is 2.41.